The molecule has 18 heavy (non-hydrogen) atoms. The van der Waals surface area contributed by atoms with Crippen LogP contribution < -0.4 is 5.69 Å². The Morgan fingerprint density at radius 2 is 2.17 bits per heavy atom. The van der Waals surface area contributed by atoms with Crippen LogP contribution in [0.4, 0.5) is 0 Å². The van der Waals surface area contributed by atoms with Crippen molar-refractivity contribution in [3.63, 3.8) is 0 Å². The molecule has 5 nitrogen and oxygen atoms in total. The van der Waals surface area contributed by atoms with Crippen LogP contribution in [0.2, 0.25) is 0 Å². The van der Waals surface area contributed by atoms with E-state index in [4.69, 9.17) is 0 Å². The summed E-state index contributed by atoms with van der Waals surface area (Å²) in [6, 6.07) is 0. The van der Waals surface area contributed by atoms with Crippen molar-refractivity contribution in [3.05, 3.63) is 29.1 Å². The van der Waals surface area contributed by atoms with E-state index in [1.807, 2.05) is 0 Å². The Hall–Kier alpha value is -1.17. The second-order valence-corrected chi connectivity index (χ2v) is 5.65. The second-order valence-electron chi connectivity index (χ2n) is 5.09. The number of fused-ring (bicyclic) bond motifs is 1. The Morgan fingerprint density at radius 3 is 2.83 bits per heavy atom. The summed E-state index contributed by atoms with van der Waals surface area (Å²) in [6.45, 7) is 0.693. The molecular weight excluding hydrogens is 296 g/mol. The molecule has 2 aromatic heterocycles. The third-order valence-corrected chi connectivity index (χ3v) is 5.01. The van der Waals surface area contributed by atoms with Gasteiger partial charge in [-0.05, 0) is 18.3 Å². The van der Waals surface area contributed by atoms with Gasteiger partial charge in [0.1, 0.15) is 0 Å². The normalized spacial score (nSPS) is 18.5. The molecule has 1 aliphatic rings. The minimum atomic E-state index is -0.0698. The van der Waals surface area contributed by atoms with Crippen LogP contribution in [0.3, 0.4) is 0 Å². The fourth-order valence-electron chi connectivity index (χ4n) is 2.76. The number of nitrogens with zero attached hydrogens (tertiary/aromatic N) is 4. The largest absolute Gasteiger partial charge is 0.350 e. The highest BCUT2D eigenvalue weighted by Gasteiger charge is 2.34. The zero-order valence-corrected chi connectivity index (χ0v) is 11.6. The molecule has 0 aliphatic heterocycles. The zero-order chi connectivity index (χ0) is 12.6. The summed E-state index contributed by atoms with van der Waals surface area (Å²) in [6.07, 6.45) is 9.71. The molecule has 0 atom stereocenters. The molecule has 0 N–H and O–H groups in total. The number of halogens is 1. The molecule has 2 aromatic rings. The fourth-order valence-corrected chi connectivity index (χ4v) is 3.50. The molecule has 0 aromatic carbocycles. The van der Waals surface area contributed by atoms with E-state index in [0.717, 1.165) is 18.2 Å². The summed E-state index contributed by atoms with van der Waals surface area (Å²) in [4.78, 5) is 16.2. The van der Waals surface area contributed by atoms with Gasteiger partial charge in [-0.1, -0.05) is 28.8 Å². The van der Waals surface area contributed by atoms with E-state index in [-0.39, 0.29) is 11.1 Å². The van der Waals surface area contributed by atoms with Crippen LogP contribution >= 0.6 is 15.9 Å². The van der Waals surface area contributed by atoms with E-state index >= 15 is 0 Å². The first kappa shape index (κ1) is 11.9. The molecule has 0 saturated heterocycles. The maximum Gasteiger partial charge on any atom is 0.350 e. The van der Waals surface area contributed by atoms with Gasteiger partial charge in [0.25, 0.3) is 0 Å². The molecule has 0 unspecified atom stereocenters. The van der Waals surface area contributed by atoms with Gasteiger partial charge in [-0.25, -0.2) is 13.9 Å². The van der Waals surface area contributed by atoms with Crippen molar-refractivity contribution in [1.82, 2.24) is 19.2 Å². The van der Waals surface area contributed by atoms with Gasteiger partial charge in [-0.15, -0.1) is 5.10 Å². The number of hydrogen-bond acceptors (Lipinski definition) is 3. The first-order chi connectivity index (χ1) is 8.74. The number of rotatable bonds is 3. The number of hydrogen-bond donors (Lipinski definition) is 0. The Morgan fingerprint density at radius 1 is 1.39 bits per heavy atom. The first-order valence-corrected chi connectivity index (χ1v) is 7.31. The van der Waals surface area contributed by atoms with Crippen molar-refractivity contribution in [1.29, 1.82) is 0 Å². The number of aromatic nitrogens is 4. The molecule has 1 fully saturated rings. The van der Waals surface area contributed by atoms with E-state index in [1.165, 1.54) is 12.8 Å². The lowest BCUT2D eigenvalue weighted by Gasteiger charge is -2.25. The van der Waals surface area contributed by atoms with Crippen molar-refractivity contribution in [2.24, 2.45) is 5.41 Å². The molecule has 0 bridgehead atoms. The van der Waals surface area contributed by atoms with Gasteiger partial charge in [0.15, 0.2) is 5.65 Å². The van der Waals surface area contributed by atoms with E-state index in [0.29, 0.717) is 12.2 Å². The van der Waals surface area contributed by atoms with E-state index in [1.54, 1.807) is 27.7 Å². The summed E-state index contributed by atoms with van der Waals surface area (Å²) in [5.41, 5.74) is 0.736. The Balaban J connectivity index is 2.00. The van der Waals surface area contributed by atoms with Gasteiger partial charge >= 0.3 is 5.69 Å². The van der Waals surface area contributed by atoms with Crippen LogP contribution in [-0.4, -0.2) is 24.5 Å². The molecule has 0 radical (unpaired) electrons. The van der Waals surface area contributed by atoms with Crippen molar-refractivity contribution in [3.8, 4) is 0 Å². The predicted octanol–water partition coefficient (Wildman–Crippen LogP) is 1.85. The molecular formula is C12H15BrN4O. The SMILES string of the molecule is O=c1n(CC2(CBr)CCCC2)nc2cnccn12. The van der Waals surface area contributed by atoms with Gasteiger partial charge < -0.3 is 0 Å². The smallest absolute Gasteiger partial charge is 0.259 e. The average Bonchev–Trinajstić information content (AvgIpc) is 2.98. The molecule has 1 aliphatic carbocycles. The summed E-state index contributed by atoms with van der Waals surface area (Å²) in [5.74, 6) is 0. The van der Waals surface area contributed by atoms with Crippen molar-refractivity contribution in [2.75, 3.05) is 5.33 Å². The van der Waals surface area contributed by atoms with Crippen LogP contribution in [0.5, 0.6) is 0 Å². The van der Waals surface area contributed by atoms with Gasteiger partial charge in [0.2, 0.25) is 0 Å². The topological polar surface area (TPSA) is 52.2 Å². The minimum Gasteiger partial charge on any atom is -0.259 e. The third kappa shape index (κ3) is 1.88. The molecule has 3 rings (SSSR count). The predicted molar refractivity (Wildman–Crippen MR) is 71.9 cm³/mol. The molecule has 1 saturated carbocycles. The van der Waals surface area contributed by atoms with Gasteiger partial charge in [0.05, 0.1) is 12.7 Å². The maximum absolute atomic E-state index is 12.2. The van der Waals surface area contributed by atoms with E-state index < -0.39 is 0 Å². The van der Waals surface area contributed by atoms with E-state index in [2.05, 4.69) is 26.0 Å². The lowest BCUT2D eigenvalue weighted by Crippen LogP contribution is -2.32. The Labute approximate surface area is 113 Å². The standard InChI is InChI=1S/C12H15BrN4O/c13-8-12(3-1-2-4-12)9-17-11(18)16-6-5-14-7-10(16)15-17/h5-7H,1-4,8-9H2. The fraction of sp³-hybridized carbons (Fsp3) is 0.583. The average molecular weight is 311 g/mol. The molecule has 0 amide bonds. The Kier molecular flexibility index (Phi) is 2.97. The second kappa shape index (κ2) is 4.50. The van der Waals surface area contributed by atoms with Crippen LogP contribution in [0.25, 0.3) is 5.65 Å². The third-order valence-electron chi connectivity index (χ3n) is 3.82. The van der Waals surface area contributed by atoms with Crippen LogP contribution in [-0.2, 0) is 6.54 Å². The van der Waals surface area contributed by atoms with Gasteiger partial charge in [0, 0.05) is 17.7 Å². The monoisotopic (exact) mass is 310 g/mol. The maximum atomic E-state index is 12.2. The van der Waals surface area contributed by atoms with Crippen molar-refractivity contribution < 1.29 is 0 Å². The highest BCUT2D eigenvalue weighted by molar-refractivity contribution is 9.09. The summed E-state index contributed by atoms with van der Waals surface area (Å²) < 4.78 is 3.13. The Bertz CT molecular complexity index is 612. The lowest BCUT2D eigenvalue weighted by molar-refractivity contribution is 0.274. The molecule has 96 valence electrons. The number of alkyl halides is 1. The quantitative estimate of drug-likeness (QED) is 0.813. The van der Waals surface area contributed by atoms with Crippen LogP contribution in [0, 0.1) is 5.41 Å². The summed E-state index contributed by atoms with van der Waals surface area (Å²) >= 11 is 3.60. The molecule has 2 heterocycles. The highest BCUT2D eigenvalue weighted by atomic mass is 79.9. The lowest BCUT2D eigenvalue weighted by atomic mass is 9.89. The van der Waals surface area contributed by atoms with Crippen LogP contribution in [0.15, 0.2) is 23.4 Å². The zero-order valence-electron chi connectivity index (χ0n) is 10.0. The highest BCUT2D eigenvalue weighted by Crippen LogP contribution is 2.40. The summed E-state index contributed by atoms with van der Waals surface area (Å²) in [5, 5.41) is 5.28. The molecule has 0 spiro atoms. The van der Waals surface area contributed by atoms with Crippen molar-refractivity contribution in [2.45, 2.75) is 32.2 Å². The minimum absolute atomic E-state index is 0.0698. The van der Waals surface area contributed by atoms with Gasteiger partial charge in [-0.2, -0.15) is 0 Å². The van der Waals surface area contributed by atoms with Crippen LogP contribution in [0.1, 0.15) is 25.7 Å². The van der Waals surface area contributed by atoms with Crippen molar-refractivity contribution >= 4 is 21.6 Å². The van der Waals surface area contributed by atoms with E-state index in [9.17, 15) is 4.79 Å². The van der Waals surface area contributed by atoms with Gasteiger partial charge in [-0.3, -0.25) is 4.98 Å². The molecule has 6 heteroatoms. The first-order valence-electron chi connectivity index (χ1n) is 6.19. The summed E-state index contributed by atoms with van der Waals surface area (Å²) in [7, 11) is 0.